The van der Waals surface area contributed by atoms with Gasteiger partial charge < -0.3 is 15.0 Å². The Morgan fingerprint density at radius 3 is 2.26 bits per heavy atom. The Hall–Kier alpha value is -3.35. The third-order valence-electron chi connectivity index (χ3n) is 5.20. The van der Waals surface area contributed by atoms with Gasteiger partial charge in [0, 0.05) is 33.7 Å². The summed E-state index contributed by atoms with van der Waals surface area (Å²) in [6.07, 6.45) is 1.56. The molecule has 0 saturated carbocycles. The molecular weight excluding hydrogens is 392 g/mol. The maximum absolute atomic E-state index is 12.4. The molecule has 2 aromatic rings. The second-order valence-electron chi connectivity index (χ2n) is 7.42. The van der Waals surface area contributed by atoms with E-state index in [1.54, 1.807) is 31.3 Å². The molecule has 0 aromatic heterocycles. The Bertz CT molecular complexity index is 905. The number of imide groups is 1. The fourth-order valence-electron chi connectivity index (χ4n) is 3.63. The van der Waals surface area contributed by atoms with Crippen LogP contribution in [0.4, 0.5) is 0 Å². The van der Waals surface area contributed by atoms with Crippen LogP contribution >= 0.6 is 0 Å². The van der Waals surface area contributed by atoms with Crippen molar-refractivity contribution in [2.75, 3.05) is 33.8 Å². The van der Waals surface area contributed by atoms with Crippen molar-refractivity contribution in [3.05, 3.63) is 65.2 Å². The second-order valence-corrected chi connectivity index (χ2v) is 7.42. The molecule has 2 amide bonds. The minimum Gasteiger partial charge on any atom is -0.494 e. The molecule has 7 nitrogen and oxygen atoms in total. The molecule has 1 aliphatic heterocycles. The molecule has 1 aliphatic rings. The van der Waals surface area contributed by atoms with Crippen LogP contribution < -0.4 is 10.1 Å². The van der Waals surface area contributed by atoms with Crippen LogP contribution in [0.15, 0.2) is 53.5 Å². The van der Waals surface area contributed by atoms with E-state index in [1.165, 1.54) is 10.5 Å². The Labute approximate surface area is 183 Å². The van der Waals surface area contributed by atoms with Crippen molar-refractivity contribution < 1.29 is 14.3 Å². The first-order valence-electron chi connectivity index (χ1n) is 10.6. The number of carbonyl (C=O) groups excluding carboxylic acids is 2. The molecule has 0 radical (unpaired) electrons. The Kier molecular flexibility index (Phi) is 7.65. The van der Waals surface area contributed by atoms with Crippen molar-refractivity contribution in [1.29, 1.82) is 0 Å². The number of hydrogen-bond donors (Lipinski definition) is 1. The summed E-state index contributed by atoms with van der Waals surface area (Å²) in [5.74, 6) is 1.28. The van der Waals surface area contributed by atoms with Crippen molar-refractivity contribution in [3.8, 4) is 5.75 Å². The first-order valence-corrected chi connectivity index (χ1v) is 10.6. The standard InChI is InChI=1S/C24H30N4O3/c1-4-31-19-13-11-18(12-14-19)17-27(3)24(25-2)26-15-7-8-16-28-22(29)20-9-5-6-10-21(20)23(28)30/h5-6,9-14H,4,7-8,15-17H2,1-3H3,(H,25,26). The van der Waals surface area contributed by atoms with Gasteiger partial charge in [-0.15, -0.1) is 0 Å². The Balaban J connectivity index is 1.41. The zero-order valence-corrected chi connectivity index (χ0v) is 18.4. The van der Waals surface area contributed by atoms with Crippen molar-refractivity contribution in [2.24, 2.45) is 4.99 Å². The average Bonchev–Trinajstić information content (AvgIpc) is 3.02. The topological polar surface area (TPSA) is 74.2 Å². The molecule has 31 heavy (non-hydrogen) atoms. The number of fused-ring (bicyclic) bond motifs is 1. The summed E-state index contributed by atoms with van der Waals surface area (Å²) in [5, 5.41) is 3.35. The number of guanidine groups is 1. The zero-order valence-electron chi connectivity index (χ0n) is 18.4. The molecule has 1 heterocycles. The van der Waals surface area contributed by atoms with Crippen molar-refractivity contribution >= 4 is 17.8 Å². The number of amides is 2. The average molecular weight is 423 g/mol. The van der Waals surface area contributed by atoms with Gasteiger partial charge in [0.1, 0.15) is 5.75 Å². The number of nitrogens with one attached hydrogen (secondary N) is 1. The number of nitrogens with zero attached hydrogens (tertiary/aromatic N) is 3. The van der Waals surface area contributed by atoms with Gasteiger partial charge in [-0.3, -0.25) is 19.5 Å². The number of hydrogen-bond acceptors (Lipinski definition) is 4. The van der Waals surface area contributed by atoms with Crippen LogP contribution in [0.3, 0.4) is 0 Å². The number of benzene rings is 2. The summed E-state index contributed by atoms with van der Waals surface area (Å²) >= 11 is 0. The summed E-state index contributed by atoms with van der Waals surface area (Å²) in [6.45, 7) is 4.49. The van der Waals surface area contributed by atoms with E-state index in [-0.39, 0.29) is 11.8 Å². The molecule has 0 bridgehead atoms. The predicted octanol–water partition coefficient (Wildman–Crippen LogP) is 3.17. The highest BCUT2D eigenvalue weighted by atomic mass is 16.5. The minimum absolute atomic E-state index is 0.195. The van der Waals surface area contributed by atoms with Crippen LogP contribution in [0.25, 0.3) is 0 Å². The van der Waals surface area contributed by atoms with Crippen molar-refractivity contribution in [2.45, 2.75) is 26.3 Å². The van der Waals surface area contributed by atoms with Gasteiger partial charge >= 0.3 is 0 Å². The van der Waals surface area contributed by atoms with E-state index in [2.05, 4.69) is 27.3 Å². The lowest BCUT2D eigenvalue weighted by molar-refractivity contribution is 0.0652. The lowest BCUT2D eigenvalue weighted by atomic mass is 10.1. The number of carbonyl (C=O) groups is 2. The highest BCUT2D eigenvalue weighted by Gasteiger charge is 2.34. The van der Waals surface area contributed by atoms with E-state index >= 15 is 0 Å². The first-order chi connectivity index (χ1) is 15.0. The lowest BCUT2D eigenvalue weighted by Crippen LogP contribution is -2.39. The van der Waals surface area contributed by atoms with Gasteiger partial charge in [-0.05, 0) is 49.6 Å². The molecule has 0 atom stereocenters. The summed E-state index contributed by atoms with van der Waals surface area (Å²) in [7, 11) is 3.75. The van der Waals surface area contributed by atoms with Gasteiger partial charge in [-0.1, -0.05) is 24.3 Å². The van der Waals surface area contributed by atoms with Gasteiger partial charge in [0.25, 0.3) is 11.8 Å². The maximum atomic E-state index is 12.4. The van der Waals surface area contributed by atoms with Crippen LogP contribution in [0.1, 0.15) is 46.0 Å². The largest absolute Gasteiger partial charge is 0.494 e. The predicted molar refractivity (Wildman–Crippen MR) is 121 cm³/mol. The Morgan fingerprint density at radius 2 is 1.68 bits per heavy atom. The minimum atomic E-state index is -0.195. The van der Waals surface area contributed by atoms with Crippen molar-refractivity contribution in [3.63, 3.8) is 0 Å². The molecule has 164 valence electrons. The highest BCUT2D eigenvalue weighted by molar-refractivity contribution is 6.21. The maximum Gasteiger partial charge on any atom is 0.261 e. The fourth-order valence-corrected chi connectivity index (χ4v) is 3.63. The summed E-state index contributed by atoms with van der Waals surface area (Å²) in [4.78, 5) is 32.5. The first kappa shape index (κ1) is 22.3. The van der Waals surface area contributed by atoms with Gasteiger partial charge in [0.05, 0.1) is 17.7 Å². The number of rotatable bonds is 9. The molecule has 2 aromatic carbocycles. The Morgan fingerprint density at radius 1 is 1.03 bits per heavy atom. The molecule has 0 fully saturated rings. The zero-order chi connectivity index (χ0) is 22.2. The lowest BCUT2D eigenvalue weighted by Gasteiger charge is -2.22. The van der Waals surface area contributed by atoms with E-state index < -0.39 is 0 Å². The quantitative estimate of drug-likeness (QED) is 0.291. The second kappa shape index (κ2) is 10.6. The fraction of sp³-hybridized carbons (Fsp3) is 0.375. The third kappa shape index (κ3) is 5.42. The van der Waals surface area contributed by atoms with Crippen LogP contribution in [-0.4, -0.2) is 61.4 Å². The molecule has 3 rings (SSSR count). The molecule has 1 N–H and O–H groups in total. The third-order valence-corrected chi connectivity index (χ3v) is 5.20. The summed E-state index contributed by atoms with van der Waals surface area (Å²) in [6, 6.07) is 15.0. The molecule has 0 unspecified atom stereocenters. The highest BCUT2D eigenvalue weighted by Crippen LogP contribution is 2.22. The van der Waals surface area contributed by atoms with Crippen LogP contribution in [0.2, 0.25) is 0 Å². The number of ether oxygens (including phenoxy) is 1. The SMILES string of the molecule is CCOc1ccc(CN(C)C(=NC)NCCCCN2C(=O)c3ccccc3C2=O)cc1. The van der Waals surface area contributed by atoms with Crippen LogP contribution in [-0.2, 0) is 6.54 Å². The van der Waals surface area contributed by atoms with Crippen LogP contribution in [0, 0.1) is 0 Å². The smallest absolute Gasteiger partial charge is 0.261 e. The van der Waals surface area contributed by atoms with Gasteiger partial charge in [0.2, 0.25) is 0 Å². The monoisotopic (exact) mass is 422 g/mol. The van der Waals surface area contributed by atoms with Gasteiger partial charge in [-0.2, -0.15) is 0 Å². The number of unbranched alkanes of at least 4 members (excludes halogenated alkanes) is 1. The number of aliphatic imine (C=N–C) groups is 1. The van der Waals surface area contributed by atoms with E-state index in [0.29, 0.717) is 30.8 Å². The molecule has 0 saturated heterocycles. The van der Waals surface area contributed by atoms with Crippen molar-refractivity contribution in [1.82, 2.24) is 15.1 Å². The van der Waals surface area contributed by atoms with Gasteiger partial charge in [0.15, 0.2) is 5.96 Å². The van der Waals surface area contributed by atoms with E-state index in [9.17, 15) is 9.59 Å². The van der Waals surface area contributed by atoms with E-state index in [1.807, 2.05) is 26.1 Å². The summed E-state index contributed by atoms with van der Waals surface area (Å²) < 4.78 is 5.48. The molecule has 7 heteroatoms. The molecule has 0 spiro atoms. The van der Waals surface area contributed by atoms with Gasteiger partial charge in [-0.25, -0.2) is 0 Å². The van der Waals surface area contributed by atoms with E-state index in [0.717, 1.165) is 31.1 Å². The van der Waals surface area contributed by atoms with Crippen LogP contribution in [0.5, 0.6) is 5.75 Å². The molecule has 0 aliphatic carbocycles. The molecular formula is C24H30N4O3. The normalized spacial score (nSPS) is 13.4. The summed E-state index contributed by atoms with van der Waals surface area (Å²) in [5.41, 5.74) is 2.17. The van der Waals surface area contributed by atoms with E-state index in [4.69, 9.17) is 4.74 Å².